The molecular formula is C25H29N3O2. The van der Waals surface area contributed by atoms with E-state index in [-0.39, 0.29) is 17.9 Å². The summed E-state index contributed by atoms with van der Waals surface area (Å²) >= 11 is 0. The number of benzene rings is 2. The van der Waals surface area contributed by atoms with Gasteiger partial charge in [0.1, 0.15) is 0 Å². The molecule has 0 spiro atoms. The Hall–Kier alpha value is -3.18. The zero-order chi connectivity index (χ0) is 21.0. The Morgan fingerprint density at radius 2 is 1.73 bits per heavy atom. The van der Waals surface area contributed by atoms with E-state index in [0.717, 1.165) is 24.1 Å². The lowest BCUT2D eigenvalue weighted by molar-refractivity contribution is -0.125. The smallest absolute Gasteiger partial charge is 0.246 e. The van der Waals surface area contributed by atoms with E-state index in [1.807, 2.05) is 83.8 Å². The van der Waals surface area contributed by atoms with Gasteiger partial charge in [-0.3, -0.25) is 9.59 Å². The number of nitrogens with zero attached hydrogens (tertiary/aromatic N) is 1. The quantitative estimate of drug-likeness (QED) is 0.610. The fourth-order valence-corrected chi connectivity index (χ4v) is 3.38. The summed E-state index contributed by atoms with van der Waals surface area (Å²) in [5.74, 6) is 0.000923. The van der Waals surface area contributed by atoms with Crippen LogP contribution in [0.3, 0.4) is 0 Å². The third-order valence-corrected chi connectivity index (χ3v) is 5.03. The average molecular weight is 404 g/mol. The summed E-state index contributed by atoms with van der Waals surface area (Å²) in [5, 5.41) is 6.41. The van der Waals surface area contributed by atoms with E-state index in [9.17, 15) is 9.59 Å². The topological polar surface area (TPSA) is 61.4 Å². The molecule has 5 heteroatoms. The van der Waals surface area contributed by atoms with E-state index in [1.54, 1.807) is 6.08 Å². The summed E-state index contributed by atoms with van der Waals surface area (Å²) in [6.45, 7) is 2.36. The Morgan fingerprint density at radius 1 is 1.00 bits per heavy atom. The lowest BCUT2D eigenvalue weighted by atomic mass is 10.0. The highest BCUT2D eigenvalue weighted by Gasteiger charge is 2.16. The van der Waals surface area contributed by atoms with Gasteiger partial charge in [0.2, 0.25) is 11.8 Å². The minimum absolute atomic E-state index is 0.0120. The molecule has 2 aromatic rings. The van der Waals surface area contributed by atoms with Crippen LogP contribution in [0.2, 0.25) is 0 Å². The maximum Gasteiger partial charge on any atom is 0.246 e. The van der Waals surface area contributed by atoms with E-state index in [4.69, 9.17) is 0 Å². The number of rotatable bonds is 3. The number of amides is 2. The van der Waals surface area contributed by atoms with Crippen molar-refractivity contribution < 1.29 is 9.59 Å². The van der Waals surface area contributed by atoms with Crippen molar-refractivity contribution >= 4 is 17.9 Å². The second-order valence-corrected chi connectivity index (χ2v) is 7.28. The van der Waals surface area contributed by atoms with Crippen LogP contribution in [0.1, 0.15) is 30.0 Å². The summed E-state index contributed by atoms with van der Waals surface area (Å²) in [5.41, 5.74) is 2.10. The minimum atomic E-state index is -0.0435. The van der Waals surface area contributed by atoms with Crippen molar-refractivity contribution in [1.29, 1.82) is 0 Å². The van der Waals surface area contributed by atoms with Crippen LogP contribution in [0, 0.1) is 0 Å². The molecule has 156 valence electrons. The highest BCUT2D eigenvalue weighted by atomic mass is 16.2. The summed E-state index contributed by atoms with van der Waals surface area (Å²) in [6.07, 6.45) is 8.51. The maximum atomic E-state index is 12.7. The molecule has 3 rings (SSSR count). The highest BCUT2D eigenvalue weighted by molar-refractivity contribution is 5.91. The lowest BCUT2D eigenvalue weighted by Gasteiger charge is -2.21. The second-order valence-electron chi connectivity index (χ2n) is 7.28. The monoisotopic (exact) mass is 403 g/mol. The van der Waals surface area contributed by atoms with Gasteiger partial charge in [-0.05, 0) is 30.2 Å². The molecule has 5 nitrogen and oxygen atoms in total. The molecule has 1 aliphatic rings. The van der Waals surface area contributed by atoms with Gasteiger partial charge in [0, 0.05) is 38.2 Å². The SMILES string of the molecule is O=C1C[C@@H](c2ccccc2)NCCCN(C(=O)/C=C/c2ccccc2)C/C=C/CN1. The van der Waals surface area contributed by atoms with Crippen molar-refractivity contribution in [2.24, 2.45) is 0 Å². The fraction of sp³-hybridized carbons (Fsp3) is 0.280. The van der Waals surface area contributed by atoms with Gasteiger partial charge in [-0.15, -0.1) is 0 Å². The van der Waals surface area contributed by atoms with Crippen molar-refractivity contribution in [3.63, 3.8) is 0 Å². The standard InChI is InChI=1S/C25H29N3O2/c29-24-20-23(22-12-5-2-6-13-22)26-17-9-19-28(18-8-7-16-27-24)25(30)15-14-21-10-3-1-4-11-21/h1-8,10-15,23,26H,9,16-20H2,(H,27,29)/b8-7+,15-14+/t23-/m0/s1. The Balaban J connectivity index is 1.64. The summed E-state index contributed by atoms with van der Waals surface area (Å²) < 4.78 is 0. The third kappa shape index (κ3) is 7.01. The molecule has 0 saturated heterocycles. The van der Waals surface area contributed by atoms with Gasteiger partial charge < -0.3 is 15.5 Å². The average Bonchev–Trinajstić information content (AvgIpc) is 2.80. The van der Waals surface area contributed by atoms with Crippen molar-refractivity contribution in [2.75, 3.05) is 26.2 Å². The molecule has 30 heavy (non-hydrogen) atoms. The zero-order valence-corrected chi connectivity index (χ0v) is 17.2. The molecule has 0 bridgehead atoms. The van der Waals surface area contributed by atoms with Crippen LogP contribution in [0.25, 0.3) is 6.08 Å². The maximum absolute atomic E-state index is 12.7. The second kappa shape index (κ2) is 11.7. The Kier molecular flexibility index (Phi) is 8.42. The van der Waals surface area contributed by atoms with Gasteiger partial charge in [0.15, 0.2) is 0 Å². The van der Waals surface area contributed by atoms with Gasteiger partial charge in [0.05, 0.1) is 0 Å². The molecule has 0 aliphatic carbocycles. The molecule has 0 fully saturated rings. The van der Waals surface area contributed by atoms with Gasteiger partial charge in [0.25, 0.3) is 0 Å². The predicted molar refractivity (Wildman–Crippen MR) is 121 cm³/mol. The van der Waals surface area contributed by atoms with Crippen molar-refractivity contribution in [1.82, 2.24) is 15.5 Å². The van der Waals surface area contributed by atoms with E-state index in [0.29, 0.717) is 26.1 Å². The first-order valence-electron chi connectivity index (χ1n) is 10.4. The normalized spacial score (nSPS) is 19.9. The van der Waals surface area contributed by atoms with Gasteiger partial charge in [-0.2, -0.15) is 0 Å². The van der Waals surface area contributed by atoms with E-state index in [2.05, 4.69) is 10.6 Å². The molecule has 2 N–H and O–H groups in total. The van der Waals surface area contributed by atoms with Crippen LogP contribution in [-0.2, 0) is 9.59 Å². The predicted octanol–water partition coefficient (Wildman–Crippen LogP) is 3.33. The molecule has 0 aromatic heterocycles. The molecule has 0 radical (unpaired) electrons. The van der Waals surface area contributed by atoms with Gasteiger partial charge >= 0.3 is 0 Å². The number of carbonyl (C=O) groups excluding carboxylic acids is 2. The van der Waals surface area contributed by atoms with Crippen molar-refractivity contribution in [3.8, 4) is 0 Å². The zero-order valence-electron chi connectivity index (χ0n) is 17.2. The number of hydrogen-bond acceptors (Lipinski definition) is 3. The van der Waals surface area contributed by atoms with Crippen LogP contribution in [0.5, 0.6) is 0 Å². The summed E-state index contributed by atoms with van der Waals surface area (Å²) in [6, 6.07) is 19.8. The third-order valence-electron chi connectivity index (χ3n) is 5.03. The lowest BCUT2D eigenvalue weighted by Crippen LogP contribution is -2.33. The van der Waals surface area contributed by atoms with Gasteiger partial charge in [-0.25, -0.2) is 0 Å². The molecule has 1 atom stereocenters. The van der Waals surface area contributed by atoms with Crippen LogP contribution < -0.4 is 10.6 Å². The molecule has 1 aliphatic heterocycles. The fourth-order valence-electron chi connectivity index (χ4n) is 3.38. The van der Waals surface area contributed by atoms with Crippen LogP contribution in [0.4, 0.5) is 0 Å². The number of nitrogens with one attached hydrogen (secondary N) is 2. The first kappa shape index (κ1) is 21.5. The minimum Gasteiger partial charge on any atom is -0.353 e. The van der Waals surface area contributed by atoms with Crippen molar-refractivity contribution in [3.05, 3.63) is 90.0 Å². The first-order valence-corrected chi connectivity index (χ1v) is 10.4. The molecule has 0 unspecified atom stereocenters. The number of hydrogen-bond donors (Lipinski definition) is 2. The van der Waals surface area contributed by atoms with Crippen LogP contribution >= 0.6 is 0 Å². The highest BCUT2D eigenvalue weighted by Crippen LogP contribution is 2.16. The Bertz CT molecular complexity index is 862. The van der Waals surface area contributed by atoms with Crippen LogP contribution in [-0.4, -0.2) is 42.9 Å². The van der Waals surface area contributed by atoms with E-state index >= 15 is 0 Å². The summed E-state index contributed by atoms with van der Waals surface area (Å²) in [4.78, 5) is 26.8. The Morgan fingerprint density at radius 3 is 2.50 bits per heavy atom. The Labute approximate surface area is 178 Å². The largest absolute Gasteiger partial charge is 0.353 e. The summed E-state index contributed by atoms with van der Waals surface area (Å²) in [7, 11) is 0. The van der Waals surface area contributed by atoms with Crippen LogP contribution in [0.15, 0.2) is 78.9 Å². The first-order chi connectivity index (χ1) is 14.7. The van der Waals surface area contributed by atoms with E-state index < -0.39 is 0 Å². The molecule has 0 saturated carbocycles. The number of carbonyl (C=O) groups is 2. The molecular weight excluding hydrogens is 374 g/mol. The molecule has 2 aromatic carbocycles. The van der Waals surface area contributed by atoms with E-state index in [1.165, 1.54) is 0 Å². The van der Waals surface area contributed by atoms with Gasteiger partial charge in [-0.1, -0.05) is 72.8 Å². The molecule has 1 heterocycles. The molecule has 2 amide bonds. The van der Waals surface area contributed by atoms with Crippen molar-refractivity contribution in [2.45, 2.75) is 18.9 Å².